The molecule has 1 aliphatic heterocycles. The predicted molar refractivity (Wildman–Crippen MR) is 157 cm³/mol. The van der Waals surface area contributed by atoms with Crippen molar-refractivity contribution in [3.8, 4) is 0 Å². The highest BCUT2D eigenvalue weighted by Crippen LogP contribution is 2.34. The third-order valence-electron chi connectivity index (χ3n) is 6.98. The summed E-state index contributed by atoms with van der Waals surface area (Å²) >= 11 is 0. The van der Waals surface area contributed by atoms with E-state index in [9.17, 15) is 22.8 Å². The normalized spacial score (nSPS) is 13.1. The number of carbonyl (C=O) groups excluding carboxylic acids is 2. The van der Waals surface area contributed by atoms with Crippen molar-refractivity contribution >= 4 is 46.5 Å². The molecule has 0 saturated heterocycles. The van der Waals surface area contributed by atoms with Crippen LogP contribution in [-0.4, -0.2) is 36.0 Å². The van der Waals surface area contributed by atoms with Gasteiger partial charge in [-0.25, -0.2) is 9.78 Å². The molecule has 216 valence electrons. The van der Waals surface area contributed by atoms with Crippen LogP contribution in [0.5, 0.6) is 0 Å². The van der Waals surface area contributed by atoms with E-state index in [0.717, 1.165) is 34.6 Å². The number of hydrogen-bond donors (Lipinski definition) is 3. The number of carbonyl (C=O) groups is 2. The molecule has 3 amide bonds. The molecule has 2 heterocycles. The Labute approximate surface area is 240 Å². The number of fused-ring (bicyclic) bond motifs is 1. The topological polar surface area (TPSA) is 102 Å². The fraction of sp³-hybridized carbons (Fsp3) is 0.200. The van der Waals surface area contributed by atoms with Gasteiger partial charge in [-0.05, 0) is 67.4 Å². The van der Waals surface area contributed by atoms with Crippen molar-refractivity contribution in [2.45, 2.75) is 26.6 Å². The van der Waals surface area contributed by atoms with Crippen molar-refractivity contribution in [3.05, 3.63) is 94.7 Å². The fourth-order valence-corrected chi connectivity index (χ4v) is 4.67. The zero-order valence-corrected chi connectivity index (χ0v) is 23.3. The number of nitrogens with zero attached hydrogens (tertiary/aromatic N) is 4. The van der Waals surface area contributed by atoms with E-state index in [2.05, 4.69) is 25.9 Å². The highest BCUT2D eigenvalue weighted by atomic mass is 19.4. The molecule has 0 fully saturated rings. The van der Waals surface area contributed by atoms with E-state index in [0.29, 0.717) is 28.7 Å². The van der Waals surface area contributed by atoms with Crippen LogP contribution in [0.4, 0.5) is 52.5 Å². The number of amides is 3. The van der Waals surface area contributed by atoms with Crippen LogP contribution in [0.15, 0.2) is 66.9 Å². The summed E-state index contributed by atoms with van der Waals surface area (Å²) in [4.78, 5) is 38.2. The first-order valence-corrected chi connectivity index (χ1v) is 13.0. The summed E-state index contributed by atoms with van der Waals surface area (Å²) in [6, 6.07) is 14.6. The summed E-state index contributed by atoms with van der Waals surface area (Å²) < 4.78 is 39.3. The largest absolute Gasteiger partial charge is 0.416 e. The van der Waals surface area contributed by atoms with Crippen LogP contribution < -0.4 is 25.8 Å². The zero-order chi connectivity index (χ0) is 30.2. The van der Waals surface area contributed by atoms with Gasteiger partial charge in [0, 0.05) is 48.5 Å². The SMILES string of the molecule is CNc1cc(Nc2ncc3c(n2)N(C)C(=O)N(c2cc(NC(=O)c4cccc(C(F)(F)F)c4)ccc2C)C3)ccc1C. The second kappa shape index (κ2) is 11.0. The number of anilines is 6. The van der Waals surface area contributed by atoms with Crippen LogP contribution >= 0.6 is 0 Å². The average Bonchev–Trinajstić information content (AvgIpc) is 2.97. The molecule has 0 atom stereocenters. The number of halogens is 3. The zero-order valence-electron chi connectivity index (χ0n) is 23.3. The average molecular weight is 576 g/mol. The van der Waals surface area contributed by atoms with E-state index in [1.807, 2.05) is 39.1 Å². The molecule has 0 unspecified atom stereocenters. The van der Waals surface area contributed by atoms with Gasteiger partial charge >= 0.3 is 12.2 Å². The molecule has 3 N–H and O–H groups in total. The minimum absolute atomic E-state index is 0.135. The molecule has 42 heavy (non-hydrogen) atoms. The molecule has 12 heteroatoms. The molecule has 0 aliphatic carbocycles. The van der Waals surface area contributed by atoms with E-state index in [-0.39, 0.29) is 18.1 Å². The number of hydrogen-bond acceptors (Lipinski definition) is 6. The number of nitrogens with one attached hydrogen (secondary N) is 3. The quantitative estimate of drug-likeness (QED) is 0.236. The van der Waals surface area contributed by atoms with Crippen LogP contribution in [0.25, 0.3) is 0 Å². The Hall–Kier alpha value is -5.13. The van der Waals surface area contributed by atoms with Crippen LogP contribution in [-0.2, 0) is 12.7 Å². The molecule has 0 radical (unpaired) electrons. The third-order valence-corrected chi connectivity index (χ3v) is 6.98. The maximum atomic E-state index is 13.5. The predicted octanol–water partition coefficient (Wildman–Crippen LogP) is 6.73. The van der Waals surface area contributed by atoms with Gasteiger partial charge in [0.2, 0.25) is 5.95 Å². The van der Waals surface area contributed by atoms with Crippen LogP contribution in [0, 0.1) is 13.8 Å². The Morgan fingerprint density at radius 1 is 0.976 bits per heavy atom. The van der Waals surface area contributed by atoms with Gasteiger partial charge < -0.3 is 16.0 Å². The molecule has 4 aromatic rings. The van der Waals surface area contributed by atoms with Crippen molar-refractivity contribution in [2.24, 2.45) is 0 Å². The Morgan fingerprint density at radius 2 is 1.71 bits per heavy atom. The number of urea groups is 1. The number of alkyl halides is 3. The molecule has 1 aliphatic rings. The molecule has 3 aromatic carbocycles. The fourth-order valence-electron chi connectivity index (χ4n) is 4.67. The van der Waals surface area contributed by atoms with Gasteiger partial charge in [-0.3, -0.25) is 14.6 Å². The van der Waals surface area contributed by atoms with Crippen molar-refractivity contribution in [2.75, 3.05) is 39.8 Å². The summed E-state index contributed by atoms with van der Waals surface area (Å²) in [5.74, 6) is 0.0942. The molecular weight excluding hydrogens is 547 g/mol. The number of rotatable bonds is 6. The van der Waals surface area contributed by atoms with Crippen LogP contribution in [0.3, 0.4) is 0 Å². The molecule has 0 saturated carbocycles. The first kappa shape index (κ1) is 28.4. The monoisotopic (exact) mass is 575 g/mol. The number of aromatic nitrogens is 2. The van der Waals surface area contributed by atoms with E-state index in [1.54, 1.807) is 31.4 Å². The lowest BCUT2D eigenvalue weighted by atomic mass is 10.1. The Morgan fingerprint density at radius 3 is 2.45 bits per heavy atom. The van der Waals surface area contributed by atoms with E-state index in [1.165, 1.54) is 21.9 Å². The molecular formula is C30H28F3N7O2. The summed E-state index contributed by atoms with van der Waals surface area (Å²) in [5, 5.41) is 8.95. The van der Waals surface area contributed by atoms with Crippen LogP contribution in [0.1, 0.15) is 32.6 Å². The number of aryl methyl sites for hydroxylation is 2. The lowest BCUT2D eigenvalue weighted by Gasteiger charge is -2.35. The molecule has 1 aromatic heterocycles. The van der Waals surface area contributed by atoms with Gasteiger partial charge in [0.05, 0.1) is 17.8 Å². The van der Waals surface area contributed by atoms with Crippen molar-refractivity contribution in [1.29, 1.82) is 0 Å². The van der Waals surface area contributed by atoms with Gasteiger partial charge in [0.15, 0.2) is 0 Å². The third kappa shape index (κ3) is 5.69. The molecule has 0 bridgehead atoms. The molecule has 0 spiro atoms. The van der Waals surface area contributed by atoms with Gasteiger partial charge in [-0.15, -0.1) is 0 Å². The Kier molecular flexibility index (Phi) is 7.46. The van der Waals surface area contributed by atoms with Crippen molar-refractivity contribution in [3.63, 3.8) is 0 Å². The van der Waals surface area contributed by atoms with Crippen molar-refractivity contribution < 1.29 is 22.8 Å². The second-order valence-electron chi connectivity index (χ2n) is 9.91. The lowest BCUT2D eigenvalue weighted by molar-refractivity contribution is -0.137. The van der Waals surface area contributed by atoms with Gasteiger partial charge in [0.25, 0.3) is 5.91 Å². The second-order valence-corrected chi connectivity index (χ2v) is 9.91. The van der Waals surface area contributed by atoms with Crippen LogP contribution in [0.2, 0.25) is 0 Å². The summed E-state index contributed by atoms with van der Waals surface area (Å²) in [7, 11) is 3.46. The Balaban J connectivity index is 1.37. The van der Waals surface area contributed by atoms with E-state index in [4.69, 9.17) is 0 Å². The highest BCUT2D eigenvalue weighted by Gasteiger charge is 2.32. The van der Waals surface area contributed by atoms with E-state index < -0.39 is 17.6 Å². The summed E-state index contributed by atoms with van der Waals surface area (Å²) in [6.45, 7) is 4.00. The minimum Gasteiger partial charge on any atom is -0.388 e. The minimum atomic E-state index is -4.57. The van der Waals surface area contributed by atoms with Gasteiger partial charge in [-0.1, -0.05) is 18.2 Å². The first-order chi connectivity index (χ1) is 19.9. The standard InChI is InChI=1S/C30H28F3N7O2/c1-17-8-10-22(13-24(17)34-3)37-28-35-15-20-16-40(29(42)39(4)26(20)38-28)25-14-23(11-9-18(25)2)36-27(41)19-6-5-7-21(12-19)30(31,32)33/h5-15,34H,16H2,1-4H3,(H,36,41)(H,35,37,38). The smallest absolute Gasteiger partial charge is 0.388 e. The maximum Gasteiger partial charge on any atom is 0.416 e. The lowest BCUT2D eigenvalue weighted by Crippen LogP contribution is -2.46. The Bertz CT molecular complexity index is 1690. The summed E-state index contributed by atoms with van der Waals surface area (Å²) in [6.07, 6.45) is -2.91. The van der Waals surface area contributed by atoms with Gasteiger partial charge in [-0.2, -0.15) is 18.2 Å². The first-order valence-electron chi connectivity index (χ1n) is 13.0. The molecule has 9 nitrogen and oxygen atoms in total. The van der Waals surface area contributed by atoms with E-state index >= 15 is 0 Å². The molecule has 5 rings (SSSR count). The number of benzene rings is 3. The maximum absolute atomic E-state index is 13.5. The highest BCUT2D eigenvalue weighted by molar-refractivity contribution is 6.07. The summed E-state index contributed by atoms with van der Waals surface area (Å²) in [5.41, 5.74) is 4.12. The van der Waals surface area contributed by atoms with Gasteiger partial charge in [0.1, 0.15) is 5.82 Å². The van der Waals surface area contributed by atoms with Crippen molar-refractivity contribution in [1.82, 2.24) is 9.97 Å².